The van der Waals surface area contributed by atoms with Crippen molar-refractivity contribution in [3.05, 3.63) is 89.7 Å². The molecular formula is C24H25N3O3. The van der Waals surface area contributed by atoms with Crippen LogP contribution >= 0.6 is 0 Å². The molecule has 2 atom stereocenters. The van der Waals surface area contributed by atoms with E-state index in [1.165, 1.54) is 0 Å². The summed E-state index contributed by atoms with van der Waals surface area (Å²) in [5, 5.41) is 3.07. The van der Waals surface area contributed by atoms with E-state index in [0.29, 0.717) is 18.7 Å². The summed E-state index contributed by atoms with van der Waals surface area (Å²) in [5.41, 5.74) is 2.24. The molecular weight excluding hydrogens is 378 g/mol. The second kappa shape index (κ2) is 8.45. The van der Waals surface area contributed by atoms with Crippen molar-refractivity contribution in [3.8, 4) is 5.75 Å². The first-order valence-electron chi connectivity index (χ1n) is 9.98. The van der Waals surface area contributed by atoms with Crippen LogP contribution in [-0.2, 0) is 11.3 Å². The smallest absolute Gasteiger partial charge is 0.254 e. The molecule has 0 spiro atoms. The van der Waals surface area contributed by atoms with Crippen molar-refractivity contribution < 1.29 is 14.3 Å². The first kappa shape index (κ1) is 19.8. The largest absolute Gasteiger partial charge is 0.497 e. The molecule has 1 aromatic heterocycles. The van der Waals surface area contributed by atoms with E-state index in [0.717, 1.165) is 16.9 Å². The fraction of sp³-hybridized carbons (Fsp3) is 0.250. The second-order valence-corrected chi connectivity index (χ2v) is 7.41. The molecule has 2 heterocycles. The summed E-state index contributed by atoms with van der Waals surface area (Å²) in [7, 11) is 3.37. The highest BCUT2D eigenvalue weighted by Crippen LogP contribution is 2.42. The van der Waals surface area contributed by atoms with Gasteiger partial charge >= 0.3 is 0 Å². The lowest BCUT2D eigenvalue weighted by atomic mass is 9.79. The molecule has 2 aromatic carbocycles. The highest BCUT2D eigenvalue weighted by molar-refractivity contribution is 6.01. The minimum absolute atomic E-state index is 0.0807. The Labute approximate surface area is 176 Å². The van der Waals surface area contributed by atoms with Crippen LogP contribution < -0.4 is 10.1 Å². The highest BCUT2D eigenvalue weighted by atomic mass is 16.5. The van der Waals surface area contributed by atoms with E-state index in [2.05, 4.69) is 5.32 Å². The summed E-state index contributed by atoms with van der Waals surface area (Å²) < 4.78 is 7.28. The van der Waals surface area contributed by atoms with Crippen LogP contribution in [0.4, 0.5) is 0 Å². The molecule has 0 unspecified atom stereocenters. The first-order chi connectivity index (χ1) is 14.6. The van der Waals surface area contributed by atoms with Gasteiger partial charge in [-0.15, -0.1) is 0 Å². The number of hydrogen-bond donors (Lipinski definition) is 1. The summed E-state index contributed by atoms with van der Waals surface area (Å²) in [6, 6.07) is 18.4. The predicted molar refractivity (Wildman–Crippen MR) is 114 cm³/mol. The van der Waals surface area contributed by atoms with Crippen LogP contribution in [0.3, 0.4) is 0 Å². The minimum Gasteiger partial charge on any atom is -0.497 e. The van der Waals surface area contributed by atoms with Crippen molar-refractivity contribution >= 4 is 11.8 Å². The van der Waals surface area contributed by atoms with Gasteiger partial charge in [-0.2, -0.15) is 0 Å². The van der Waals surface area contributed by atoms with Gasteiger partial charge in [0.25, 0.3) is 5.91 Å². The maximum Gasteiger partial charge on any atom is 0.254 e. The molecule has 0 saturated heterocycles. The molecule has 1 N–H and O–H groups in total. The fourth-order valence-corrected chi connectivity index (χ4v) is 4.11. The number of likely N-dealkylation sites (N-methyl/N-ethyl adjacent to an activating group) is 1. The molecule has 30 heavy (non-hydrogen) atoms. The number of ether oxygens (including phenoxy) is 1. The van der Waals surface area contributed by atoms with Crippen LogP contribution in [0.1, 0.15) is 33.4 Å². The maximum atomic E-state index is 13.4. The zero-order valence-corrected chi connectivity index (χ0v) is 17.1. The highest BCUT2D eigenvalue weighted by Gasteiger charge is 2.42. The van der Waals surface area contributed by atoms with Gasteiger partial charge in [0.05, 0.1) is 19.1 Å². The van der Waals surface area contributed by atoms with Crippen molar-refractivity contribution in [2.75, 3.05) is 20.7 Å². The molecule has 154 valence electrons. The zero-order chi connectivity index (χ0) is 21.1. The number of carbonyl (C=O) groups is 2. The van der Waals surface area contributed by atoms with Gasteiger partial charge in [-0.1, -0.05) is 30.3 Å². The van der Waals surface area contributed by atoms with Crippen molar-refractivity contribution in [1.82, 2.24) is 14.8 Å². The number of nitrogens with zero attached hydrogens (tertiary/aromatic N) is 2. The Morgan fingerprint density at radius 3 is 2.43 bits per heavy atom. The van der Waals surface area contributed by atoms with E-state index >= 15 is 0 Å². The zero-order valence-electron chi connectivity index (χ0n) is 17.1. The summed E-state index contributed by atoms with van der Waals surface area (Å²) in [6.07, 6.45) is 3.93. The molecule has 2 amide bonds. The standard InChI is InChI=1S/C24H25N3O3/c1-26-22(17-9-11-18(30-2)12-10-17)21(19-7-3-4-8-20(19)24(26)29)23(28)25-13-16-27-14-5-6-15-27/h3-12,14-15,21-22H,13,16H2,1-2H3,(H,25,28)/t21-,22+/m1/s1. The third-order valence-electron chi connectivity index (χ3n) is 5.65. The third-order valence-corrected chi connectivity index (χ3v) is 5.65. The Morgan fingerprint density at radius 1 is 1.03 bits per heavy atom. The van der Waals surface area contributed by atoms with Gasteiger partial charge in [0, 0.05) is 38.1 Å². The number of aromatic nitrogens is 1. The van der Waals surface area contributed by atoms with E-state index in [1.807, 2.05) is 71.6 Å². The summed E-state index contributed by atoms with van der Waals surface area (Å²) in [4.78, 5) is 28.1. The molecule has 0 fully saturated rings. The van der Waals surface area contributed by atoms with Gasteiger partial charge in [-0.05, 0) is 41.5 Å². The van der Waals surface area contributed by atoms with E-state index < -0.39 is 12.0 Å². The molecule has 4 rings (SSSR count). The third kappa shape index (κ3) is 3.68. The quantitative estimate of drug-likeness (QED) is 0.687. The number of fused-ring (bicyclic) bond motifs is 1. The average molecular weight is 403 g/mol. The molecule has 6 nitrogen and oxygen atoms in total. The predicted octanol–water partition coefficient (Wildman–Crippen LogP) is 3.22. The fourth-order valence-electron chi connectivity index (χ4n) is 4.11. The molecule has 0 bridgehead atoms. The van der Waals surface area contributed by atoms with Crippen molar-refractivity contribution in [2.45, 2.75) is 18.5 Å². The van der Waals surface area contributed by atoms with Crippen molar-refractivity contribution in [2.24, 2.45) is 0 Å². The van der Waals surface area contributed by atoms with Crippen LogP contribution in [0, 0.1) is 0 Å². The van der Waals surface area contributed by atoms with Crippen molar-refractivity contribution in [1.29, 1.82) is 0 Å². The SMILES string of the molecule is COc1ccc([C@H]2[C@H](C(=O)NCCn3cccc3)c3ccccc3C(=O)N2C)cc1. The first-order valence-corrected chi connectivity index (χ1v) is 9.98. The number of amides is 2. The van der Waals surface area contributed by atoms with Gasteiger partial charge in [0.2, 0.25) is 5.91 Å². The molecule has 3 aromatic rings. The number of methoxy groups -OCH3 is 1. The Balaban J connectivity index is 1.66. The topological polar surface area (TPSA) is 63.6 Å². The summed E-state index contributed by atoms with van der Waals surface area (Å²) >= 11 is 0. The van der Waals surface area contributed by atoms with Crippen LogP contribution in [0.25, 0.3) is 0 Å². The second-order valence-electron chi connectivity index (χ2n) is 7.41. The van der Waals surface area contributed by atoms with Gasteiger partial charge < -0.3 is 19.5 Å². The van der Waals surface area contributed by atoms with Gasteiger partial charge in [0.1, 0.15) is 5.75 Å². The Kier molecular flexibility index (Phi) is 5.57. The number of carbonyl (C=O) groups excluding carboxylic acids is 2. The molecule has 0 saturated carbocycles. The van der Waals surface area contributed by atoms with Gasteiger partial charge in [-0.3, -0.25) is 9.59 Å². The van der Waals surface area contributed by atoms with Gasteiger partial charge in [-0.25, -0.2) is 0 Å². The monoisotopic (exact) mass is 403 g/mol. The number of benzene rings is 2. The summed E-state index contributed by atoms with van der Waals surface area (Å²) in [6.45, 7) is 1.20. The average Bonchev–Trinajstić information content (AvgIpc) is 3.29. The van der Waals surface area contributed by atoms with E-state index in [-0.39, 0.29) is 11.8 Å². The number of rotatable bonds is 6. The van der Waals surface area contributed by atoms with E-state index in [9.17, 15) is 9.59 Å². The Morgan fingerprint density at radius 2 is 1.73 bits per heavy atom. The summed E-state index contributed by atoms with van der Waals surface area (Å²) in [5.74, 6) is 0.0659. The number of nitrogens with one attached hydrogen (secondary N) is 1. The maximum absolute atomic E-state index is 13.4. The lowest BCUT2D eigenvalue weighted by Gasteiger charge is -2.39. The van der Waals surface area contributed by atoms with E-state index in [1.54, 1.807) is 25.1 Å². The van der Waals surface area contributed by atoms with Crippen LogP contribution in [0.15, 0.2) is 73.1 Å². The van der Waals surface area contributed by atoms with Crippen LogP contribution in [0.2, 0.25) is 0 Å². The molecule has 6 heteroatoms. The molecule has 0 aliphatic carbocycles. The van der Waals surface area contributed by atoms with Crippen LogP contribution in [0.5, 0.6) is 5.75 Å². The van der Waals surface area contributed by atoms with Crippen LogP contribution in [-0.4, -0.2) is 42.0 Å². The molecule has 0 radical (unpaired) electrons. The Bertz CT molecular complexity index is 1030. The number of hydrogen-bond acceptors (Lipinski definition) is 3. The normalized spacial score (nSPS) is 18.1. The Hall–Kier alpha value is -3.54. The lowest BCUT2D eigenvalue weighted by Crippen LogP contribution is -2.46. The van der Waals surface area contributed by atoms with Gasteiger partial charge in [0.15, 0.2) is 0 Å². The minimum atomic E-state index is -0.498. The van der Waals surface area contributed by atoms with E-state index in [4.69, 9.17) is 4.74 Å². The van der Waals surface area contributed by atoms with Crippen molar-refractivity contribution in [3.63, 3.8) is 0 Å². The lowest BCUT2D eigenvalue weighted by molar-refractivity contribution is -0.124. The molecule has 1 aliphatic rings. The molecule has 1 aliphatic heterocycles.